The van der Waals surface area contributed by atoms with Crippen molar-refractivity contribution in [1.29, 1.82) is 0 Å². The monoisotopic (exact) mass is 281 g/mol. The van der Waals surface area contributed by atoms with Crippen molar-refractivity contribution >= 4 is 11.5 Å². The van der Waals surface area contributed by atoms with Gasteiger partial charge in [0.15, 0.2) is 0 Å². The molecule has 1 heterocycles. The summed E-state index contributed by atoms with van der Waals surface area (Å²) in [4.78, 5) is 1.27. The number of nitrogens with zero attached hydrogens (tertiary/aromatic N) is 2. The molecule has 0 aromatic carbocycles. The Balaban J connectivity index is 2.97. The molecule has 0 saturated carbocycles. The Morgan fingerprint density at radius 1 is 1.37 bits per heavy atom. The summed E-state index contributed by atoms with van der Waals surface area (Å²) in [5, 5.41) is 7.97. The molecule has 4 heteroatoms. The third kappa shape index (κ3) is 4.69. The van der Waals surface area contributed by atoms with Crippen LogP contribution in [0.5, 0.6) is 0 Å². The SMILES string of the molecule is C=C(CC)CC(NCCC)c1snnc1C(C)(C)C. The average molecular weight is 281 g/mol. The van der Waals surface area contributed by atoms with E-state index in [2.05, 4.69) is 56.1 Å². The van der Waals surface area contributed by atoms with E-state index in [4.69, 9.17) is 0 Å². The minimum atomic E-state index is 0.0437. The molecule has 1 N–H and O–H groups in total. The van der Waals surface area contributed by atoms with Gasteiger partial charge in [0.1, 0.15) is 0 Å². The summed E-state index contributed by atoms with van der Waals surface area (Å²) in [6.07, 6.45) is 3.14. The van der Waals surface area contributed by atoms with Crippen LogP contribution >= 0.6 is 11.5 Å². The summed E-state index contributed by atoms with van der Waals surface area (Å²) in [7, 11) is 0. The summed E-state index contributed by atoms with van der Waals surface area (Å²) in [5.41, 5.74) is 2.44. The smallest absolute Gasteiger partial charge is 0.0857 e. The van der Waals surface area contributed by atoms with E-state index in [9.17, 15) is 0 Å². The lowest BCUT2D eigenvalue weighted by Gasteiger charge is -2.23. The number of hydrogen-bond acceptors (Lipinski definition) is 4. The zero-order valence-electron chi connectivity index (χ0n) is 12.9. The van der Waals surface area contributed by atoms with Gasteiger partial charge in [0.05, 0.1) is 10.6 Å². The Morgan fingerprint density at radius 2 is 2.05 bits per heavy atom. The summed E-state index contributed by atoms with van der Waals surface area (Å²) < 4.78 is 4.17. The molecule has 0 spiro atoms. The van der Waals surface area contributed by atoms with Gasteiger partial charge in [-0.15, -0.1) is 5.10 Å². The van der Waals surface area contributed by atoms with Crippen LogP contribution in [0.25, 0.3) is 0 Å². The molecule has 0 amide bonds. The summed E-state index contributed by atoms with van der Waals surface area (Å²) >= 11 is 1.52. The lowest BCUT2D eigenvalue weighted by atomic mass is 9.89. The van der Waals surface area contributed by atoms with E-state index in [-0.39, 0.29) is 5.41 Å². The Labute approximate surface area is 121 Å². The van der Waals surface area contributed by atoms with E-state index in [1.165, 1.54) is 22.0 Å². The minimum Gasteiger partial charge on any atom is -0.309 e. The Hall–Kier alpha value is -0.740. The van der Waals surface area contributed by atoms with Crippen LogP contribution in [0.3, 0.4) is 0 Å². The normalized spacial score (nSPS) is 13.5. The maximum absolute atomic E-state index is 4.35. The second kappa shape index (κ2) is 7.15. The number of rotatable bonds is 7. The lowest BCUT2D eigenvalue weighted by molar-refractivity contribution is 0.501. The van der Waals surface area contributed by atoms with Gasteiger partial charge in [-0.1, -0.05) is 51.3 Å². The van der Waals surface area contributed by atoms with Gasteiger partial charge in [-0.25, -0.2) is 0 Å². The van der Waals surface area contributed by atoms with Crippen LogP contribution in [0.15, 0.2) is 12.2 Å². The van der Waals surface area contributed by atoms with E-state index in [0.29, 0.717) is 6.04 Å². The molecule has 19 heavy (non-hydrogen) atoms. The van der Waals surface area contributed by atoms with E-state index in [1.807, 2.05) is 0 Å². The fraction of sp³-hybridized carbons (Fsp3) is 0.733. The molecule has 1 aromatic rings. The zero-order valence-corrected chi connectivity index (χ0v) is 13.7. The van der Waals surface area contributed by atoms with Crippen LogP contribution in [-0.4, -0.2) is 16.1 Å². The van der Waals surface area contributed by atoms with Gasteiger partial charge in [-0.3, -0.25) is 0 Å². The number of aromatic nitrogens is 2. The summed E-state index contributed by atoms with van der Waals surface area (Å²) in [6.45, 7) is 16.1. The highest BCUT2D eigenvalue weighted by atomic mass is 32.1. The highest BCUT2D eigenvalue weighted by molar-refractivity contribution is 7.05. The fourth-order valence-corrected chi connectivity index (χ4v) is 2.89. The van der Waals surface area contributed by atoms with E-state index in [1.54, 1.807) is 0 Å². The van der Waals surface area contributed by atoms with Gasteiger partial charge in [0.2, 0.25) is 0 Å². The molecule has 0 aliphatic carbocycles. The number of hydrogen-bond donors (Lipinski definition) is 1. The highest BCUT2D eigenvalue weighted by Gasteiger charge is 2.27. The first kappa shape index (κ1) is 16.3. The van der Waals surface area contributed by atoms with Crippen molar-refractivity contribution in [2.45, 2.75) is 65.3 Å². The largest absolute Gasteiger partial charge is 0.309 e. The van der Waals surface area contributed by atoms with E-state index in [0.717, 1.165) is 31.5 Å². The molecular formula is C15H27N3S. The molecule has 0 saturated heterocycles. The fourth-order valence-electron chi connectivity index (χ4n) is 1.96. The first-order valence-electron chi connectivity index (χ1n) is 7.12. The van der Waals surface area contributed by atoms with Crippen molar-refractivity contribution in [3.05, 3.63) is 22.7 Å². The highest BCUT2D eigenvalue weighted by Crippen LogP contribution is 2.33. The second-order valence-electron chi connectivity index (χ2n) is 6.05. The van der Waals surface area contributed by atoms with Crippen molar-refractivity contribution in [2.75, 3.05) is 6.54 Å². The van der Waals surface area contributed by atoms with Gasteiger partial charge >= 0.3 is 0 Å². The standard InChI is InChI=1S/C15H27N3S/c1-7-9-16-12(10-11(3)8-2)13-14(15(4,5)6)17-18-19-13/h12,16H,3,7-10H2,1-2,4-6H3. The maximum atomic E-state index is 4.35. The van der Waals surface area contributed by atoms with Crippen LogP contribution in [0.4, 0.5) is 0 Å². The average Bonchev–Trinajstić information content (AvgIpc) is 2.82. The molecule has 0 radical (unpaired) electrons. The van der Waals surface area contributed by atoms with Crippen molar-refractivity contribution < 1.29 is 0 Å². The molecule has 1 rings (SSSR count). The van der Waals surface area contributed by atoms with Gasteiger partial charge in [0.25, 0.3) is 0 Å². The van der Waals surface area contributed by atoms with Crippen LogP contribution < -0.4 is 5.32 Å². The summed E-state index contributed by atoms with van der Waals surface area (Å²) in [6, 6.07) is 0.307. The molecule has 0 aliphatic rings. The van der Waals surface area contributed by atoms with Gasteiger partial charge < -0.3 is 5.32 Å². The molecule has 3 nitrogen and oxygen atoms in total. The predicted octanol–water partition coefficient (Wildman–Crippen LogP) is 4.23. The van der Waals surface area contributed by atoms with E-state index >= 15 is 0 Å². The van der Waals surface area contributed by atoms with Gasteiger partial charge in [0, 0.05) is 11.5 Å². The molecular weight excluding hydrogens is 254 g/mol. The van der Waals surface area contributed by atoms with Crippen molar-refractivity contribution in [3.8, 4) is 0 Å². The molecule has 1 atom stereocenters. The Morgan fingerprint density at radius 3 is 2.58 bits per heavy atom. The third-order valence-electron chi connectivity index (χ3n) is 3.17. The van der Waals surface area contributed by atoms with Crippen LogP contribution in [0.1, 0.15) is 70.5 Å². The summed E-state index contributed by atoms with van der Waals surface area (Å²) in [5.74, 6) is 0. The predicted molar refractivity (Wildman–Crippen MR) is 83.7 cm³/mol. The Kier molecular flexibility index (Phi) is 6.14. The van der Waals surface area contributed by atoms with Crippen molar-refractivity contribution in [1.82, 2.24) is 14.9 Å². The molecule has 0 fully saturated rings. The maximum Gasteiger partial charge on any atom is 0.0857 e. The van der Waals surface area contributed by atoms with Gasteiger partial charge in [-0.05, 0) is 37.3 Å². The number of nitrogens with one attached hydrogen (secondary N) is 1. The first-order chi connectivity index (χ1) is 8.90. The molecule has 1 aromatic heterocycles. The Bertz CT molecular complexity index is 404. The van der Waals surface area contributed by atoms with Crippen LogP contribution in [0, 0.1) is 0 Å². The first-order valence-corrected chi connectivity index (χ1v) is 7.90. The molecule has 0 bridgehead atoms. The van der Waals surface area contributed by atoms with Crippen molar-refractivity contribution in [3.63, 3.8) is 0 Å². The van der Waals surface area contributed by atoms with Gasteiger partial charge in [-0.2, -0.15) is 0 Å². The van der Waals surface area contributed by atoms with Crippen LogP contribution in [-0.2, 0) is 5.41 Å². The van der Waals surface area contributed by atoms with Crippen molar-refractivity contribution in [2.24, 2.45) is 0 Å². The second-order valence-corrected chi connectivity index (χ2v) is 6.84. The topological polar surface area (TPSA) is 37.8 Å². The van der Waals surface area contributed by atoms with E-state index < -0.39 is 0 Å². The minimum absolute atomic E-state index is 0.0437. The zero-order chi connectivity index (χ0) is 14.5. The quantitative estimate of drug-likeness (QED) is 0.760. The lowest BCUT2D eigenvalue weighted by Crippen LogP contribution is -2.25. The molecule has 108 valence electrons. The molecule has 0 aliphatic heterocycles. The third-order valence-corrected chi connectivity index (χ3v) is 4.01. The van der Waals surface area contributed by atoms with Crippen LogP contribution in [0.2, 0.25) is 0 Å². The molecule has 1 unspecified atom stereocenters.